The van der Waals surface area contributed by atoms with Gasteiger partial charge in [-0.3, -0.25) is 4.79 Å². The first-order chi connectivity index (χ1) is 11.0. The molecule has 2 aromatic carbocycles. The van der Waals surface area contributed by atoms with Gasteiger partial charge in [0.05, 0.1) is 21.0 Å². The van der Waals surface area contributed by atoms with E-state index in [4.69, 9.17) is 34.8 Å². The fraction of sp³-hybridized carbons (Fsp3) is 0.125. The van der Waals surface area contributed by atoms with Gasteiger partial charge < -0.3 is 5.32 Å². The molecule has 1 fully saturated rings. The molecular weight excluding hydrogens is 375 g/mol. The van der Waals surface area contributed by atoms with Gasteiger partial charge in [0.1, 0.15) is 0 Å². The number of carbonyl (C=O) groups excluding carboxylic acids is 1. The third-order valence-corrected chi connectivity index (χ3v) is 5.43. The lowest BCUT2D eigenvalue weighted by Crippen LogP contribution is -2.26. The lowest BCUT2D eigenvalue weighted by atomic mass is 10.1. The minimum Gasteiger partial charge on any atom is -0.304 e. The molecule has 1 amide bonds. The van der Waals surface area contributed by atoms with Gasteiger partial charge in [0.2, 0.25) is 5.91 Å². The number of amidine groups is 1. The molecule has 7 heteroatoms. The summed E-state index contributed by atoms with van der Waals surface area (Å²) in [6.45, 7) is 0. The summed E-state index contributed by atoms with van der Waals surface area (Å²) < 4.78 is 0. The smallest absolute Gasteiger partial charge is 0.239 e. The van der Waals surface area contributed by atoms with Crippen LogP contribution in [-0.2, 0) is 11.2 Å². The first-order valence-corrected chi connectivity index (χ1v) is 8.79. The summed E-state index contributed by atoms with van der Waals surface area (Å²) in [5.41, 5.74) is 1.54. The number of hydrogen-bond acceptors (Lipinski definition) is 3. The van der Waals surface area contributed by atoms with Gasteiger partial charge in [-0.1, -0.05) is 64.8 Å². The summed E-state index contributed by atoms with van der Waals surface area (Å²) in [4.78, 5) is 16.5. The molecule has 1 N–H and O–H groups in total. The second-order valence-electron chi connectivity index (χ2n) is 4.91. The fourth-order valence-corrected chi connectivity index (χ4v) is 3.76. The minimum absolute atomic E-state index is 0.0909. The molecule has 0 aromatic heterocycles. The van der Waals surface area contributed by atoms with Crippen LogP contribution in [0.2, 0.25) is 15.1 Å². The van der Waals surface area contributed by atoms with Crippen LogP contribution in [0.3, 0.4) is 0 Å². The Kier molecular flexibility index (Phi) is 5.17. The summed E-state index contributed by atoms with van der Waals surface area (Å²) in [6, 6.07) is 12.6. The number of nitrogens with zero attached hydrogens (tertiary/aromatic N) is 1. The van der Waals surface area contributed by atoms with Crippen molar-refractivity contribution in [2.45, 2.75) is 11.7 Å². The van der Waals surface area contributed by atoms with Gasteiger partial charge in [0.15, 0.2) is 5.17 Å². The highest BCUT2D eigenvalue weighted by Gasteiger charge is 2.31. The van der Waals surface area contributed by atoms with E-state index in [1.807, 2.05) is 24.3 Å². The van der Waals surface area contributed by atoms with Crippen LogP contribution in [0.1, 0.15) is 5.56 Å². The highest BCUT2D eigenvalue weighted by Crippen LogP contribution is 2.31. The van der Waals surface area contributed by atoms with Crippen LogP contribution in [0.5, 0.6) is 0 Å². The van der Waals surface area contributed by atoms with E-state index < -0.39 is 0 Å². The summed E-state index contributed by atoms with van der Waals surface area (Å²) in [7, 11) is 0. The van der Waals surface area contributed by atoms with Crippen molar-refractivity contribution in [3.8, 4) is 0 Å². The predicted molar refractivity (Wildman–Crippen MR) is 98.2 cm³/mol. The van der Waals surface area contributed by atoms with Gasteiger partial charge in [0.25, 0.3) is 0 Å². The topological polar surface area (TPSA) is 41.5 Å². The lowest BCUT2D eigenvalue weighted by molar-refractivity contribution is -0.118. The molecule has 0 saturated carbocycles. The summed E-state index contributed by atoms with van der Waals surface area (Å²) in [5, 5.41) is 4.62. The largest absolute Gasteiger partial charge is 0.304 e. The monoisotopic (exact) mass is 384 g/mol. The highest BCUT2D eigenvalue weighted by atomic mass is 35.5. The molecule has 118 valence electrons. The first-order valence-electron chi connectivity index (χ1n) is 6.77. The molecule has 1 atom stereocenters. The van der Waals surface area contributed by atoms with Crippen LogP contribution < -0.4 is 5.32 Å². The van der Waals surface area contributed by atoms with Crippen molar-refractivity contribution in [2.24, 2.45) is 4.99 Å². The quantitative estimate of drug-likeness (QED) is 0.798. The molecule has 0 bridgehead atoms. The molecule has 1 aliphatic rings. The first kappa shape index (κ1) is 16.7. The van der Waals surface area contributed by atoms with Crippen molar-refractivity contribution in [3.05, 3.63) is 63.1 Å². The Hall–Kier alpha value is -1.20. The molecule has 2 aromatic rings. The second-order valence-corrected chi connectivity index (χ2v) is 7.32. The van der Waals surface area contributed by atoms with E-state index in [1.165, 1.54) is 11.8 Å². The van der Waals surface area contributed by atoms with E-state index in [-0.39, 0.29) is 11.2 Å². The van der Waals surface area contributed by atoms with Gasteiger partial charge in [-0.2, -0.15) is 0 Å². The zero-order valence-electron chi connectivity index (χ0n) is 11.7. The number of amides is 1. The van der Waals surface area contributed by atoms with E-state index in [2.05, 4.69) is 10.3 Å². The summed E-state index contributed by atoms with van der Waals surface area (Å²) >= 11 is 19.5. The Morgan fingerprint density at radius 2 is 1.91 bits per heavy atom. The maximum Gasteiger partial charge on any atom is 0.239 e. The standard InChI is InChI=1S/C16H11Cl3N2OS/c17-10-4-2-5-11(8-10)20-16-21-15(22)13(23-16)7-9-3-1-6-12(18)14(9)19/h1-6,8,13H,7H2,(H,20,21,22)/t13-/m1/s1. The molecule has 3 rings (SSSR count). The third kappa shape index (κ3) is 4.01. The van der Waals surface area contributed by atoms with E-state index in [0.29, 0.717) is 32.3 Å². The summed E-state index contributed by atoms with van der Waals surface area (Å²) in [6.07, 6.45) is 0.491. The van der Waals surface area contributed by atoms with Crippen LogP contribution in [0.25, 0.3) is 0 Å². The maximum atomic E-state index is 12.1. The van der Waals surface area contributed by atoms with E-state index in [9.17, 15) is 4.79 Å². The van der Waals surface area contributed by atoms with Gasteiger partial charge in [-0.25, -0.2) is 4.99 Å². The van der Waals surface area contributed by atoms with Crippen molar-refractivity contribution in [3.63, 3.8) is 0 Å². The molecule has 0 spiro atoms. The van der Waals surface area contributed by atoms with Crippen LogP contribution in [0.15, 0.2) is 47.5 Å². The van der Waals surface area contributed by atoms with Crippen molar-refractivity contribution < 1.29 is 4.79 Å². The van der Waals surface area contributed by atoms with Gasteiger partial charge in [0, 0.05) is 5.02 Å². The van der Waals surface area contributed by atoms with Crippen molar-refractivity contribution >= 4 is 63.3 Å². The molecule has 0 unspecified atom stereocenters. The van der Waals surface area contributed by atoms with Crippen LogP contribution in [0, 0.1) is 0 Å². The minimum atomic E-state index is -0.288. The number of halogens is 3. The Bertz CT molecular complexity index is 795. The predicted octanol–water partition coefficient (Wildman–Crippen LogP) is 5.11. The summed E-state index contributed by atoms with van der Waals surface area (Å²) in [5.74, 6) is -0.0909. The Morgan fingerprint density at radius 3 is 2.70 bits per heavy atom. The molecule has 0 aliphatic carbocycles. The van der Waals surface area contributed by atoms with Gasteiger partial charge in [-0.15, -0.1) is 0 Å². The molecular formula is C16H11Cl3N2OS. The normalized spacial score (nSPS) is 19.2. The Morgan fingerprint density at radius 1 is 1.13 bits per heavy atom. The number of carbonyl (C=O) groups is 1. The molecule has 23 heavy (non-hydrogen) atoms. The number of nitrogens with one attached hydrogen (secondary N) is 1. The number of hydrogen-bond donors (Lipinski definition) is 1. The number of thioether (sulfide) groups is 1. The SMILES string of the molecule is O=C1NC(=Nc2cccc(Cl)c2)S[C@@H]1Cc1cccc(Cl)c1Cl. The third-order valence-electron chi connectivity index (χ3n) is 3.25. The van der Waals surface area contributed by atoms with Crippen molar-refractivity contribution in [2.75, 3.05) is 0 Å². The van der Waals surface area contributed by atoms with Crippen LogP contribution >= 0.6 is 46.6 Å². The lowest BCUT2D eigenvalue weighted by Gasteiger charge is -2.08. The van der Waals surface area contributed by atoms with Gasteiger partial charge >= 0.3 is 0 Å². The molecule has 1 saturated heterocycles. The fourth-order valence-electron chi connectivity index (χ4n) is 2.16. The Balaban J connectivity index is 1.76. The van der Waals surface area contributed by atoms with Crippen molar-refractivity contribution in [1.29, 1.82) is 0 Å². The van der Waals surface area contributed by atoms with E-state index >= 15 is 0 Å². The maximum absolute atomic E-state index is 12.1. The molecule has 1 heterocycles. The van der Waals surface area contributed by atoms with E-state index in [1.54, 1.807) is 18.2 Å². The molecule has 0 radical (unpaired) electrons. The number of rotatable bonds is 3. The Labute approximate surface area is 153 Å². The van der Waals surface area contributed by atoms with Crippen LogP contribution in [0.4, 0.5) is 5.69 Å². The highest BCUT2D eigenvalue weighted by molar-refractivity contribution is 8.15. The van der Waals surface area contributed by atoms with E-state index in [0.717, 1.165) is 5.56 Å². The zero-order chi connectivity index (χ0) is 16.4. The van der Waals surface area contributed by atoms with Crippen molar-refractivity contribution in [1.82, 2.24) is 5.32 Å². The average Bonchev–Trinajstić information content (AvgIpc) is 2.83. The second kappa shape index (κ2) is 7.14. The van der Waals surface area contributed by atoms with Crippen LogP contribution in [-0.4, -0.2) is 16.3 Å². The number of aliphatic imine (C=N–C) groups is 1. The average molecular weight is 386 g/mol. The zero-order valence-corrected chi connectivity index (χ0v) is 14.8. The molecule has 3 nitrogen and oxygen atoms in total. The molecule has 1 aliphatic heterocycles. The van der Waals surface area contributed by atoms with Gasteiger partial charge in [-0.05, 0) is 36.2 Å². The number of benzene rings is 2.